The predicted molar refractivity (Wildman–Crippen MR) is 125 cm³/mol. The highest BCUT2D eigenvalue weighted by Crippen LogP contribution is 2.66. The fraction of sp³-hybridized carbons (Fsp3) is 0.391. The molecular weight excluding hydrogens is 464 g/mol. The number of rotatable bonds is 7. The molecule has 1 saturated carbocycles. The van der Waals surface area contributed by atoms with E-state index in [1.807, 2.05) is 0 Å². The Morgan fingerprint density at radius 2 is 2.21 bits per heavy atom. The number of anilines is 1. The lowest BCUT2D eigenvalue weighted by atomic mass is 9.85. The maximum atomic E-state index is 15.0. The van der Waals surface area contributed by atoms with E-state index in [0.29, 0.717) is 13.0 Å². The number of aromatic nitrogens is 2. The number of ether oxygens (including phenoxy) is 2. The third-order valence-electron chi connectivity index (χ3n) is 6.02. The molecule has 2 heterocycles. The molecule has 1 aliphatic heterocycles. The molecule has 0 spiro atoms. The van der Waals surface area contributed by atoms with Crippen molar-refractivity contribution in [3.63, 3.8) is 0 Å². The average molecular weight is 488 g/mol. The number of hydrogen-bond donors (Lipinski definition) is 2. The molecule has 1 fully saturated rings. The van der Waals surface area contributed by atoms with Gasteiger partial charge in [0.25, 0.3) is 5.91 Å². The van der Waals surface area contributed by atoms with Gasteiger partial charge >= 0.3 is 0 Å². The molecule has 34 heavy (non-hydrogen) atoms. The third-order valence-corrected chi connectivity index (χ3v) is 7.29. The number of nitrogens with zero attached hydrogens (tertiary/aromatic N) is 3. The molecular formula is C23H23F2N5O3S. The first-order valence-electron chi connectivity index (χ1n) is 10.4. The summed E-state index contributed by atoms with van der Waals surface area (Å²) in [6.45, 7) is 3.71. The topological polar surface area (TPSA) is 112 Å². The standard InChI is InChI=1S/C23H23F2N5O3S/c1-5-6-33-17-10-27-19(12(2)28-17)20(31)29-13-7-14(18(25)15(24)8-13)22(3)16-9-23(16,11-32-4)34-21(26)30-22/h1,7-8,10,16H,6,9,11H2,2-4H3,(H2,26,30)(H,29,31)/t16-,22-,23+/m0/s1. The van der Waals surface area contributed by atoms with Gasteiger partial charge in [0.05, 0.1) is 28.8 Å². The lowest BCUT2D eigenvalue weighted by Crippen LogP contribution is -2.38. The smallest absolute Gasteiger partial charge is 0.276 e. The highest BCUT2D eigenvalue weighted by atomic mass is 32.2. The Hall–Kier alpha value is -3.23. The number of methoxy groups -OCH3 is 1. The van der Waals surface area contributed by atoms with E-state index in [1.54, 1.807) is 21.0 Å². The van der Waals surface area contributed by atoms with Crippen LogP contribution in [0.3, 0.4) is 0 Å². The molecule has 2 aliphatic rings. The molecule has 0 radical (unpaired) electrons. The number of amidine groups is 1. The summed E-state index contributed by atoms with van der Waals surface area (Å²) < 4.78 is 39.9. The number of fused-ring (bicyclic) bond motifs is 1. The van der Waals surface area contributed by atoms with Crippen molar-refractivity contribution < 1.29 is 23.0 Å². The number of carbonyl (C=O) groups is 1. The minimum atomic E-state index is -1.12. The van der Waals surface area contributed by atoms with Crippen molar-refractivity contribution in [2.45, 2.75) is 30.6 Å². The van der Waals surface area contributed by atoms with E-state index < -0.39 is 23.1 Å². The van der Waals surface area contributed by atoms with Crippen molar-refractivity contribution in [2.24, 2.45) is 16.6 Å². The number of benzene rings is 1. The van der Waals surface area contributed by atoms with Crippen LogP contribution in [-0.2, 0) is 10.3 Å². The second kappa shape index (κ2) is 8.85. The van der Waals surface area contributed by atoms with Crippen molar-refractivity contribution in [1.82, 2.24) is 9.97 Å². The summed E-state index contributed by atoms with van der Waals surface area (Å²) in [6, 6.07) is 2.29. The summed E-state index contributed by atoms with van der Waals surface area (Å²) in [7, 11) is 1.58. The summed E-state index contributed by atoms with van der Waals surface area (Å²) in [6.07, 6.45) is 7.10. The number of carbonyl (C=O) groups excluding carboxylic acids is 1. The number of halogens is 2. The van der Waals surface area contributed by atoms with Gasteiger partial charge in [-0.1, -0.05) is 17.7 Å². The van der Waals surface area contributed by atoms with Crippen molar-refractivity contribution in [3.05, 3.63) is 46.9 Å². The number of aliphatic imine (C=N–C) groups is 1. The molecule has 0 unspecified atom stereocenters. The van der Waals surface area contributed by atoms with Crippen LogP contribution in [0.1, 0.15) is 35.1 Å². The van der Waals surface area contributed by atoms with Crippen LogP contribution in [0.5, 0.6) is 5.88 Å². The van der Waals surface area contributed by atoms with Crippen LogP contribution in [0.25, 0.3) is 0 Å². The van der Waals surface area contributed by atoms with Crippen molar-refractivity contribution in [1.29, 1.82) is 0 Å². The van der Waals surface area contributed by atoms with Crippen LogP contribution >= 0.6 is 11.8 Å². The number of nitrogens with two attached hydrogens (primary N) is 1. The molecule has 3 N–H and O–H groups in total. The predicted octanol–water partition coefficient (Wildman–Crippen LogP) is 3.01. The zero-order valence-electron chi connectivity index (χ0n) is 18.8. The number of terminal acetylenes is 1. The van der Waals surface area contributed by atoms with Crippen LogP contribution in [0.15, 0.2) is 23.3 Å². The van der Waals surface area contributed by atoms with Crippen molar-refractivity contribution in [3.8, 4) is 18.2 Å². The van der Waals surface area contributed by atoms with Gasteiger partial charge in [-0.05, 0) is 26.3 Å². The number of thioether (sulfide) groups is 1. The first kappa shape index (κ1) is 23.9. The van der Waals surface area contributed by atoms with Crippen molar-refractivity contribution >= 4 is 28.5 Å². The Morgan fingerprint density at radius 3 is 2.88 bits per heavy atom. The molecule has 1 amide bonds. The quantitative estimate of drug-likeness (QED) is 0.578. The Bertz CT molecular complexity index is 1230. The largest absolute Gasteiger partial charge is 0.463 e. The Balaban J connectivity index is 1.64. The summed E-state index contributed by atoms with van der Waals surface area (Å²) in [5, 5.41) is 2.85. The van der Waals surface area contributed by atoms with E-state index in [1.165, 1.54) is 24.0 Å². The molecule has 4 rings (SSSR count). The second-order valence-corrected chi connectivity index (χ2v) is 9.80. The number of aryl methyl sites for hydroxylation is 1. The average Bonchev–Trinajstić information content (AvgIpc) is 3.49. The highest BCUT2D eigenvalue weighted by molar-refractivity contribution is 8.15. The molecule has 1 aliphatic carbocycles. The lowest BCUT2D eigenvalue weighted by molar-refractivity contribution is 0.102. The van der Waals surface area contributed by atoms with Gasteiger partial charge in [0.2, 0.25) is 5.88 Å². The maximum Gasteiger partial charge on any atom is 0.276 e. The normalized spacial score (nSPS) is 25.1. The van der Waals surface area contributed by atoms with Gasteiger partial charge in [-0.2, -0.15) is 0 Å². The number of hydrogen-bond acceptors (Lipinski definition) is 8. The first-order chi connectivity index (χ1) is 16.1. The molecule has 11 heteroatoms. The third kappa shape index (κ3) is 4.19. The zero-order chi connectivity index (χ0) is 24.7. The number of amides is 1. The lowest BCUT2D eigenvalue weighted by Gasteiger charge is -2.34. The van der Waals surface area contributed by atoms with Gasteiger partial charge in [0, 0.05) is 30.3 Å². The fourth-order valence-corrected chi connectivity index (χ4v) is 5.87. The highest BCUT2D eigenvalue weighted by Gasteiger charge is 2.66. The van der Waals surface area contributed by atoms with Gasteiger partial charge in [0.15, 0.2) is 23.4 Å². The van der Waals surface area contributed by atoms with E-state index in [2.05, 4.69) is 26.2 Å². The molecule has 0 bridgehead atoms. The summed E-state index contributed by atoms with van der Waals surface area (Å²) in [5.41, 5.74) is 5.29. The van der Waals surface area contributed by atoms with Gasteiger partial charge in [-0.15, -0.1) is 6.42 Å². The summed E-state index contributed by atoms with van der Waals surface area (Å²) in [4.78, 5) is 25.5. The molecule has 8 nitrogen and oxygen atoms in total. The molecule has 3 atom stereocenters. The Kier molecular flexibility index (Phi) is 6.22. The van der Waals surface area contributed by atoms with E-state index in [-0.39, 0.29) is 51.0 Å². The SMILES string of the molecule is C#CCOc1cnc(C(=O)Nc2cc(F)c(F)c([C@]3(C)N=C(N)S[C@@]4(COC)C[C@H]43)c2)c(C)n1. The molecule has 178 valence electrons. The van der Waals surface area contributed by atoms with E-state index in [9.17, 15) is 9.18 Å². The van der Waals surface area contributed by atoms with Gasteiger partial charge in [-0.3, -0.25) is 9.79 Å². The summed E-state index contributed by atoms with van der Waals surface area (Å²) >= 11 is 1.39. The van der Waals surface area contributed by atoms with Crippen LogP contribution in [0.4, 0.5) is 14.5 Å². The van der Waals surface area contributed by atoms with Crippen LogP contribution < -0.4 is 15.8 Å². The molecule has 1 aromatic heterocycles. The van der Waals surface area contributed by atoms with Crippen molar-refractivity contribution in [2.75, 3.05) is 25.6 Å². The van der Waals surface area contributed by atoms with Gasteiger partial charge in [-0.25, -0.2) is 18.7 Å². The molecule has 2 aromatic rings. The van der Waals surface area contributed by atoms with Gasteiger partial charge < -0.3 is 20.5 Å². The van der Waals surface area contributed by atoms with Gasteiger partial charge in [0.1, 0.15) is 5.69 Å². The molecule has 0 saturated heterocycles. The van der Waals surface area contributed by atoms with Crippen LogP contribution in [0.2, 0.25) is 0 Å². The zero-order valence-corrected chi connectivity index (χ0v) is 19.6. The Morgan fingerprint density at radius 1 is 1.44 bits per heavy atom. The monoisotopic (exact) mass is 487 g/mol. The van der Waals surface area contributed by atoms with E-state index >= 15 is 4.39 Å². The first-order valence-corrected chi connectivity index (χ1v) is 11.2. The Labute approximate surface area is 199 Å². The van der Waals surface area contributed by atoms with Crippen LogP contribution in [0, 0.1) is 36.8 Å². The number of nitrogens with one attached hydrogen (secondary N) is 1. The fourth-order valence-electron chi connectivity index (χ4n) is 4.42. The second-order valence-electron chi connectivity index (χ2n) is 8.36. The molecule has 1 aromatic carbocycles. The summed E-state index contributed by atoms with van der Waals surface area (Å²) in [5.74, 6) is -0.417. The van der Waals surface area contributed by atoms with E-state index in [0.717, 1.165) is 6.07 Å². The maximum absolute atomic E-state index is 15.0. The van der Waals surface area contributed by atoms with Crippen LogP contribution in [-0.4, -0.2) is 46.1 Å². The minimum absolute atomic E-state index is 0.00295. The van der Waals surface area contributed by atoms with E-state index in [4.69, 9.17) is 21.6 Å². The minimum Gasteiger partial charge on any atom is -0.463 e.